The lowest BCUT2D eigenvalue weighted by atomic mass is 10.0. The molecule has 0 spiro atoms. The standard InChI is InChI=1S/C13H13NO2/c15-13(16)10-12(14-8-4-5-9-14)11-6-2-1-3-7-11/h1-9,12H,10H2,(H,15,16)/t12-/m0/s1. The van der Waals surface area contributed by atoms with Crippen molar-refractivity contribution in [1.29, 1.82) is 0 Å². The molecule has 1 heterocycles. The predicted molar refractivity (Wildman–Crippen MR) is 61.3 cm³/mol. The van der Waals surface area contributed by atoms with E-state index in [-0.39, 0.29) is 12.5 Å². The molecule has 1 N–H and O–H groups in total. The lowest BCUT2D eigenvalue weighted by Crippen LogP contribution is -2.13. The number of hydrogen-bond donors (Lipinski definition) is 1. The second-order valence-corrected chi connectivity index (χ2v) is 3.65. The van der Waals surface area contributed by atoms with E-state index in [2.05, 4.69) is 0 Å². The molecule has 0 aliphatic rings. The Hall–Kier alpha value is -2.03. The average Bonchev–Trinajstić information content (AvgIpc) is 2.80. The SMILES string of the molecule is O=C(O)C[C@@H](c1ccccc1)n1cccc1. The highest BCUT2D eigenvalue weighted by molar-refractivity contribution is 5.68. The van der Waals surface area contributed by atoms with Crippen LogP contribution in [0.25, 0.3) is 0 Å². The summed E-state index contributed by atoms with van der Waals surface area (Å²) in [7, 11) is 0. The number of carboxylic acids is 1. The van der Waals surface area contributed by atoms with E-state index in [1.54, 1.807) is 0 Å². The Bertz CT molecular complexity index is 448. The van der Waals surface area contributed by atoms with Gasteiger partial charge in [-0.25, -0.2) is 0 Å². The summed E-state index contributed by atoms with van der Waals surface area (Å²) in [5.74, 6) is -0.789. The van der Waals surface area contributed by atoms with Crippen molar-refractivity contribution in [2.24, 2.45) is 0 Å². The maximum Gasteiger partial charge on any atom is 0.305 e. The molecule has 82 valence electrons. The first-order valence-corrected chi connectivity index (χ1v) is 5.16. The zero-order chi connectivity index (χ0) is 11.4. The number of benzene rings is 1. The van der Waals surface area contributed by atoms with Gasteiger partial charge >= 0.3 is 5.97 Å². The van der Waals surface area contributed by atoms with Crippen molar-refractivity contribution in [3.8, 4) is 0 Å². The van der Waals surface area contributed by atoms with E-state index in [0.717, 1.165) is 5.56 Å². The number of aliphatic carboxylic acids is 1. The highest BCUT2D eigenvalue weighted by atomic mass is 16.4. The Morgan fingerprint density at radius 1 is 1.12 bits per heavy atom. The first-order chi connectivity index (χ1) is 7.77. The van der Waals surface area contributed by atoms with Crippen LogP contribution >= 0.6 is 0 Å². The van der Waals surface area contributed by atoms with Gasteiger partial charge in [0.05, 0.1) is 12.5 Å². The third-order valence-corrected chi connectivity index (χ3v) is 2.54. The molecule has 3 nitrogen and oxygen atoms in total. The summed E-state index contributed by atoms with van der Waals surface area (Å²) in [5.41, 5.74) is 1.01. The van der Waals surface area contributed by atoms with Crippen LogP contribution in [0.2, 0.25) is 0 Å². The third kappa shape index (κ3) is 2.31. The van der Waals surface area contributed by atoms with E-state index in [1.165, 1.54) is 0 Å². The molecule has 0 saturated heterocycles. The van der Waals surface area contributed by atoms with Crippen LogP contribution in [0.15, 0.2) is 54.9 Å². The quantitative estimate of drug-likeness (QED) is 0.851. The monoisotopic (exact) mass is 215 g/mol. The fourth-order valence-corrected chi connectivity index (χ4v) is 1.79. The zero-order valence-corrected chi connectivity index (χ0v) is 8.78. The van der Waals surface area contributed by atoms with Gasteiger partial charge in [-0.1, -0.05) is 30.3 Å². The van der Waals surface area contributed by atoms with Crippen molar-refractivity contribution in [3.05, 3.63) is 60.4 Å². The summed E-state index contributed by atoms with van der Waals surface area (Å²) >= 11 is 0. The van der Waals surface area contributed by atoms with Crippen LogP contribution in [0.4, 0.5) is 0 Å². The molecule has 1 aromatic carbocycles. The Balaban J connectivity index is 2.32. The molecule has 1 aromatic heterocycles. The second kappa shape index (κ2) is 4.66. The Labute approximate surface area is 94.0 Å². The minimum Gasteiger partial charge on any atom is -0.481 e. The number of carboxylic acid groups (broad SMARTS) is 1. The first kappa shape index (κ1) is 10.5. The Morgan fingerprint density at radius 2 is 1.75 bits per heavy atom. The van der Waals surface area contributed by atoms with Gasteiger partial charge in [-0.15, -0.1) is 0 Å². The second-order valence-electron chi connectivity index (χ2n) is 3.65. The summed E-state index contributed by atoms with van der Waals surface area (Å²) in [6.45, 7) is 0. The van der Waals surface area contributed by atoms with Crippen LogP contribution in [0, 0.1) is 0 Å². The van der Waals surface area contributed by atoms with Gasteiger partial charge in [0.15, 0.2) is 0 Å². The number of hydrogen-bond acceptors (Lipinski definition) is 1. The van der Waals surface area contributed by atoms with Gasteiger partial charge in [0, 0.05) is 12.4 Å². The maximum absolute atomic E-state index is 10.9. The fourth-order valence-electron chi connectivity index (χ4n) is 1.79. The molecule has 2 rings (SSSR count). The van der Waals surface area contributed by atoms with Crippen LogP contribution in [0.1, 0.15) is 18.0 Å². The number of nitrogens with zero attached hydrogens (tertiary/aromatic N) is 1. The summed E-state index contributed by atoms with van der Waals surface area (Å²) in [4.78, 5) is 10.9. The number of rotatable bonds is 4. The van der Waals surface area contributed by atoms with Gasteiger partial charge in [-0.05, 0) is 17.7 Å². The molecule has 3 heteroatoms. The van der Waals surface area contributed by atoms with Crippen molar-refractivity contribution in [3.63, 3.8) is 0 Å². The first-order valence-electron chi connectivity index (χ1n) is 5.16. The van der Waals surface area contributed by atoms with Crippen LogP contribution in [-0.2, 0) is 4.79 Å². The predicted octanol–water partition coefficient (Wildman–Crippen LogP) is 2.55. The Morgan fingerprint density at radius 3 is 2.31 bits per heavy atom. The molecule has 0 bridgehead atoms. The van der Waals surface area contributed by atoms with Gasteiger partial charge in [0.2, 0.25) is 0 Å². The van der Waals surface area contributed by atoms with Crippen molar-refractivity contribution in [2.75, 3.05) is 0 Å². The highest BCUT2D eigenvalue weighted by Crippen LogP contribution is 2.21. The van der Waals surface area contributed by atoms with Gasteiger partial charge in [-0.2, -0.15) is 0 Å². The minimum absolute atomic E-state index is 0.0959. The maximum atomic E-state index is 10.9. The molecule has 0 amide bonds. The lowest BCUT2D eigenvalue weighted by Gasteiger charge is -2.17. The van der Waals surface area contributed by atoms with Crippen molar-refractivity contribution in [2.45, 2.75) is 12.5 Å². The lowest BCUT2D eigenvalue weighted by molar-refractivity contribution is -0.137. The van der Waals surface area contributed by atoms with Crippen LogP contribution < -0.4 is 0 Å². The number of carbonyl (C=O) groups is 1. The van der Waals surface area contributed by atoms with Crippen molar-refractivity contribution < 1.29 is 9.90 Å². The molecular weight excluding hydrogens is 202 g/mol. The van der Waals surface area contributed by atoms with Crippen LogP contribution in [-0.4, -0.2) is 15.6 Å². The smallest absolute Gasteiger partial charge is 0.305 e. The van der Waals surface area contributed by atoms with Crippen molar-refractivity contribution in [1.82, 2.24) is 4.57 Å². The minimum atomic E-state index is -0.789. The summed E-state index contributed by atoms with van der Waals surface area (Å²) in [6.07, 6.45) is 3.87. The molecule has 0 radical (unpaired) electrons. The van der Waals surface area contributed by atoms with Crippen LogP contribution in [0.5, 0.6) is 0 Å². The number of aromatic nitrogens is 1. The highest BCUT2D eigenvalue weighted by Gasteiger charge is 2.15. The van der Waals surface area contributed by atoms with E-state index in [9.17, 15) is 4.79 Å². The molecule has 0 aliphatic carbocycles. The summed E-state index contributed by atoms with van der Waals surface area (Å²) in [6, 6.07) is 13.4. The largest absolute Gasteiger partial charge is 0.481 e. The van der Waals surface area contributed by atoms with E-state index >= 15 is 0 Å². The molecule has 2 aromatic rings. The Kier molecular flexibility index (Phi) is 3.05. The third-order valence-electron chi connectivity index (χ3n) is 2.54. The van der Waals surface area contributed by atoms with Gasteiger partial charge < -0.3 is 9.67 Å². The van der Waals surface area contributed by atoms with Gasteiger partial charge in [0.25, 0.3) is 0 Å². The van der Waals surface area contributed by atoms with E-state index in [1.807, 2.05) is 59.4 Å². The van der Waals surface area contributed by atoms with E-state index in [4.69, 9.17) is 5.11 Å². The average molecular weight is 215 g/mol. The zero-order valence-electron chi connectivity index (χ0n) is 8.78. The topological polar surface area (TPSA) is 42.2 Å². The molecule has 0 fully saturated rings. The van der Waals surface area contributed by atoms with Gasteiger partial charge in [-0.3, -0.25) is 4.79 Å². The van der Waals surface area contributed by atoms with E-state index in [0.29, 0.717) is 0 Å². The molecule has 0 unspecified atom stereocenters. The molecule has 0 saturated carbocycles. The summed E-state index contributed by atoms with van der Waals surface area (Å²) in [5, 5.41) is 8.93. The van der Waals surface area contributed by atoms with E-state index < -0.39 is 5.97 Å². The molecule has 16 heavy (non-hydrogen) atoms. The van der Waals surface area contributed by atoms with Crippen molar-refractivity contribution >= 4 is 5.97 Å². The molecule has 0 aliphatic heterocycles. The molecular formula is C13H13NO2. The van der Waals surface area contributed by atoms with Gasteiger partial charge in [0.1, 0.15) is 0 Å². The molecule has 1 atom stereocenters. The fraction of sp³-hybridized carbons (Fsp3) is 0.154. The summed E-state index contributed by atoms with van der Waals surface area (Å²) < 4.78 is 1.92. The van der Waals surface area contributed by atoms with Crippen LogP contribution in [0.3, 0.4) is 0 Å². The normalized spacial score (nSPS) is 12.2.